The first-order chi connectivity index (χ1) is 10.1. The molecule has 0 aromatic heterocycles. The molecule has 0 spiro atoms. The molecule has 2 unspecified atom stereocenters. The molecular formula is C16H23N3O2. The molecule has 2 atom stereocenters. The minimum Gasteiger partial charge on any atom is -0.355 e. The molecule has 2 rings (SSSR count). The van der Waals surface area contributed by atoms with E-state index in [1.807, 2.05) is 31.2 Å². The Hall–Kier alpha value is -1.88. The predicted molar refractivity (Wildman–Crippen MR) is 83.1 cm³/mol. The van der Waals surface area contributed by atoms with Crippen molar-refractivity contribution >= 4 is 17.5 Å². The van der Waals surface area contributed by atoms with Crippen molar-refractivity contribution < 1.29 is 9.59 Å². The Morgan fingerprint density at radius 1 is 1.43 bits per heavy atom. The van der Waals surface area contributed by atoms with Gasteiger partial charge >= 0.3 is 0 Å². The Balaban J connectivity index is 1.96. The van der Waals surface area contributed by atoms with Crippen LogP contribution in [0.2, 0.25) is 0 Å². The number of aryl methyl sites for hydroxylation is 1. The lowest BCUT2D eigenvalue weighted by Gasteiger charge is -2.20. The average molecular weight is 289 g/mol. The minimum absolute atomic E-state index is 0.0635. The Morgan fingerprint density at radius 2 is 2.19 bits per heavy atom. The molecule has 1 heterocycles. The van der Waals surface area contributed by atoms with Crippen LogP contribution in [-0.2, 0) is 16.0 Å². The van der Waals surface area contributed by atoms with Gasteiger partial charge in [-0.15, -0.1) is 0 Å². The molecule has 21 heavy (non-hydrogen) atoms. The maximum atomic E-state index is 12.2. The standard InChI is InChI=1S/C16H23N3O2/c1-3-10-17-15(20)11(2)18-14-9-8-12-6-4-5-7-13(12)19-16(14)21/h4-7,11,14,18H,3,8-10H2,1-2H3,(H,17,20)(H,19,21). The molecule has 3 N–H and O–H groups in total. The maximum Gasteiger partial charge on any atom is 0.241 e. The number of benzene rings is 1. The first-order valence-corrected chi connectivity index (χ1v) is 7.54. The number of rotatable bonds is 5. The van der Waals surface area contributed by atoms with Crippen LogP contribution in [-0.4, -0.2) is 30.4 Å². The van der Waals surface area contributed by atoms with Gasteiger partial charge in [-0.1, -0.05) is 25.1 Å². The highest BCUT2D eigenvalue weighted by Crippen LogP contribution is 2.21. The lowest BCUT2D eigenvalue weighted by Crippen LogP contribution is -2.50. The summed E-state index contributed by atoms with van der Waals surface area (Å²) in [5.41, 5.74) is 2.01. The Labute approximate surface area is 125 Å². The summed E-state index contributed by atoms with van der Waals surface area (Å²) in [6.07, 6.45) is 2.40. The highest BCUT2D eigenvalue weighted by atomic mass is 16.2. The number of para-hydroxylation sites is 1. The molecule has 1 aromatic carbocycles. The number of hydrogen-bond acceptors (Lipinski definition) is 3. The van der Waals surface area contributed by atoms with Gasteiger partial charge in [0.1, 0.15) is 0 Å². The highest BCUT2D eigenvalue weighted by Gasteiger charge is 2.26. The summed E-state index contributed by atoms with van der Waals surface area (Å²) in [5.74, 6) is -0.137. The third-order valence-electron chi connectivity index (χ3n) is 3.69. The number of anilines is 1. The Kier molecular flexibility index (Phi) is 5.33. The summed E-state index contributed by atoms with van der Waals surface area (Å²) >= 11 is 0. The molecule has 5 heteroatoms. The number of fused-ring (bicyclic) bond motifs is 1. The van der Waals surface area contributed by atoms with Crippen molar-refractivity contribution in [3.63, 3.8) is 0 Å². The number of carbonyl (C=O) groups excluding carboxylic acids is 2. The van der Waals surface area contributed by atoms with Crippen molar-refractivity contribution in [2.24, 2.45) is 0 Å². The van der Waals surface area contributed by atoms with E-state index < -0.39 is 0 Å². The van der Waals surface area contributed by atoms with Crippen molar-refractivity contribution in [3.8, 4) is 0 Å². The van der Waals surface area contributed by atoms with Crippen LogP contribution >= 0.6 is 0 Å². The fraction of sp³-hybridized carbons (Fsp3) is 0.500. The van der Waals surface area contributed by atoms with E-state index in [4.69, 9.17) is 0 Å². The van der Waals surface area contributed by atoms with Gasteiger partial charge in [-0.2, -0.15) is 0 Å². The second-order valence-corrected chi connectivity index (χ2v) is 5.42. The first kappa shape index (κ1) is 15.5. The normalized spacial score (nSPS) is 19.1. The van der Waals surface area contributed by atoms with Gasteiger partial charge in [-0.3, -0.25) is 14.9 Å². The fourth-order valence-corrected chi connectivity index (χ4v) is 2.45. The van der Waals surface area contributed by atoms with Crippen molar-refractivity contribution in [1.82, 2.24) is 10.6 Å². The third kappa shape index (κ3) is 4.04. The minimum atomic E-state index is -0.381. The Bertz CT molecular complexity index is 516. The van der Waals surface area contributed by atoms with Crippen LogP contribution in [0.25, 0.3) is 0 Å². The number of hydrogen-bond donors (Lipinski definition) is 3. The lowest BCUT2D eigenvalue weighted by molar-refractivity contribution is -0.123. The van der Waals surface area contributed by atoms with Crippen LogP contribution in [0.15, 0.2) is 24.3 Å². The van der Waals surface area contributed by atoms with E-state index in [1.54, 1.807) is 6.92 Å². The molecule has 1 aliphatic heterocycles. The van der Waals surface area contributed by atoms with E-state index in [1.165, 1.54) is 0 Å². The van der Waals surface area contributed by atoms with Crippen LogP contribution in [0.5, 0.6) is 0 Å². The summed E-state index contributed by atoms with van der Waals surface area (Å²) in [7, 11) is 0. The number of amides is 2. The highest BCUT2D eigenvalue weighted by molar-refractivity contribution is 5.96. The largest absolute Gasteiger partial charge is 0.355 e. The molecule has 0 fully saturated rings. The molecule has 1 aliphatic rings. The summed E-state index contributed by atoms with van der Waals surface area (Å²) in [6.45, 7) is 4.46. The summed E-state index contributed by atoms with van der Waals surface area (Å²) in [5, 5.41) is 8.89. The Morgan fingerprint density at radius 3 is 2.95 bits per heavy atom. The zero-order valence-corrected chi connectivity index (χ0v) is 12.6. The molecule has 0 saturated heterocycles. The van der Waals surface area contributed by atoms with Crippen LogP contribution in [0, 0.1) is 0 Å². The number of carbonyl (C=O) groups is 2. The van der Waals surface area contributed by atoms with E-state index >= 15 is 0 Å². The van der Waals surface area contributed by atoms with E-state index in [0.29, 0.717) is 13.0 Å². The quantitative estimate of drug-likeness (QED) is 0.768. The van der Waals surface area contributed by atoms with Gasteiger partial charge in [-0.05, 0) is 37.8 Å². The predicted octanol–water partition coefficient (Wildman–Crippen LogP) is 1.44. The fourth-order valence-electron chi connectivity index (χ4n) is 2.45. The van der Waals surface area contributed by atoms with Crippen LogP contribution < -0.4 is 16.0 Å². The molecule has 0 bridgehead atoms. The van der Waals surface area contributed by atoms with Crippen molar-refractivity contribution in [1.29, 1.82) is 0 Å². The zero-order valence-electron chi connectivity index (χ0n) is 12.6. The van der Waals surface area contributed by atoms with Gasteiger partial charge in [0.05, 0.1) is 12.1 Å². The monoisotopic (exact) mass is 289 g/mol. The molecule has 0 radical (unpaired) electrons. The molecule has 1 aromatic rings. The number of nitrogens with one attached hydrogen (secondary N) is 3. The van der Waals surface area contributed by atoms with E-state index in [2.05, 4.69) is 16.0 Å². The van der Waals surface area contributed by atoms with Crippen LogP contribution in [0.1, 0.15) is 32.3 Å². The van der Waals surface area contributed by atoms with Crippen molar-refractivity contribution in [2.75, 3.05) is 11.9 Å². The van der Waals surface area contributed by atoms with Gasteiger partial charge in [0.15, 0.2) is 0 Å². The first-order valence-electron chi connectivity index (χ1n) is 7.54. The summed E-state index contributed by atoms with van der Waals surface area (Å²) < 4.78 is 0. The van der Waals surface area contributed by atoms with Gasteiger partial charge in [0.2, 0.25) is 11.8 Å². The molecule has 0 aliphatic carbocycles. The van der Waals surface area contributed by atoms with E-state index in [-0.39, 0.29) is 23.9 Å². The summed E-state index contributed by atoms with van der Waals surface area (Å²) in [6, 6.07) is 7.09. The van der Waals surface area contributed by atoms with Crippen LogP contribution in [0.4, 0.5) is 5.69 Å². The van der Waals surface area contributed by atoms with E-state index in [0.717, 1.165) is 24.1 Å². The van der Waals surface area contributed by atoms with Crippen LogP contribution in [0.3, 0.4) is 0 Å². The van der Waals surface area contributed by atoms with Gasteiger partial charge in [0.25, 0.3) is 0 Å². The molecular weight excluding hydrogens is 266 g/mol. The molecule has 5 nitrogen and oxygen atoms in total. The van der Waals surface area contributed by atoms with Gasteiger partial charge < -0.3 is 10.6 Å². The SMILES string of the molecule is CCCNC(=O)C(C)NC1CCc2ccccc2NC1=O. The van der Waals surface area contributed by atoms with Crippen molar-refractivity contribution in [2.45, 2.75) is 45.2 Å². The topological polar surface area (TPSA) is 70.2 Å². The second kappa shape index (κ2) is 7.22. The molecule has 114 valence electrons. The smallest absolute Gasteiger partial charge is 0.241 e. The van der Waals surface area contributed by atoms with Gasteiger partial charge in [-0.25, -0.2) is 0 Å². The third-order valence-corrected chi connectivity index (χ3v) is 3.69. The molecule has 0 saturated carbocycles. The summed E-state index contributed by atoms with van der Waals surface area (Å²) in [4.78, 5) is 24.1. The van der Waals surface area contributed by atoms with Gasteiger partial charge in [0, 0.05) is 12.2 Å². The second-order valence-electron chi connectivity index (χ2n) is 5.42. The lowest BCUT2D eigenvalue weighted by atomic mass is 10.1. The average Bonchev–Trinajstić information content (AvgIpc) is 2.64. The zero-order chi connectivity index (χ0) is 15.2. The van der Waals surface area contributed by atoms with Crippen molar-refractivity contribution in [3.05, 3.63) is 29.8 Å². The van der Waals surface area contributed by atoms with E-state index in [9.17, 15) is 9.59 Å². The molecule has 2 amide bonds. The maximum absolute atomic E-state index is 12.2.